The first-order valence-corrected chi connectivity index (χ1v) is 5.84. The second-order valence-electron chi connectivity index (χ2n) is 3.30. The summed E-state index contributed by atoms with van der Waals surface area (Å²) in [6.07, 6.45) is 1.26. The second kappa shape index (κ2) is 5.03. The Morgan fingerprint density at radius 1 is 1.28 bits per heavy atom. The maximum atomic E-state index is 13.6. The number of halogens is 4. The van der Waals surface area contributed by atoms with Crippen LogP contribution in [0.1, 0.15) is 0 Å². The molecule has 0 atom stereocenters. The van der Waals surface area contributed by atoms with Crippen LogP contribution in [0.4, 0.5) is 26.2 Å². The predicted molar refractivity (Wildman–Crippen MR) is 68.8 cm³/mol. The van der Waals surface area contributed by atoms with E-state index in [1.165, 1.54) is 6.20 Å². The van der Waals surface area contributed by atoms with Gasteiger partial charge in [0.2, 0.25) is 5.95 Å². The minimum Gasteiger partial charge on any atom is -0.368 e. The van der Waals surface area contributed by atoms with Crippen LogP contribution >= 0.6 is 27.5 Å². The number of nitrogens with zero attached hydrogens (tertiary/aromatic N) is 2. The van der Waals surface area contributed by atoms with Crippen molar-refractivity contribution in [3.05, 3.63) is 39.5 Å². The van der Waals surface area contributed by atoms with Gasteiger partial charge in [0.25, 0.3) is 0 Å². The van der Waals surface area contributed by atoms with Crippen molar-refractivity contribution >= 4 is 45.0 Å². The van der Waals surface area contributed by atoms with Crippen LogP contribution in [0.25, 0.3) is 0 Å². The standard InChI is InChI=1S/C10H6BrClF2N4/c11-4-1-7(14)8(2-6(4)13)17-9-5(12)3-16-10(15)18-9/h1-3H,(H3,15,16,17,18). The molecule has 0 aliphatic heterocycles. The van der Waals surface area contributed by atoms with E-state index in [9.17, 15) is 8.78 Å². The Bertz CT molecular complexity index is 609. The summed E-state index contributed by atoms with van der Waals surface area (Å²) in [6.45, 7) is 0. The minimum atomic E-state index is -0.656. The number of benzene rings is 1. The summed E-state index contributed by atoms with van der Waals surface area (Å²) < 4.78 is 26.9. The van der Waals surface area contributed by atoms with Gasteiger partial charge in [-0.05, 0) is 22.0 Å². The fourth-order valence-electron chi connectivity index (χ4n) is 1.21. The van der Waals surface area contributed by atoms with Gasteiger partial charge in [0.05, 0.1) is 16.4 Å². The lowest BCUT2D eigenvalue weighted by Crippen LogP contribution is -2.02. The van der Waals surface area contributed by atoms with Crippen molar-refractivity contribution < 1.29 is 8.78 Å². The van der Waals surface area contributed by atoms with Crippen molar-refractivity contribution in [3.8, 4) is 0 Å². The van der Waals surface area contributed by atoms with E-state index in [1.807, 2.05) is 0 Å². The third-order valence-corrected chi connectivity index (χ3v) is 2.91. The minimum absolute atomic E-state index is 0.0267. The predicted octanol–water partition coefficient (Wildman–Crippen LogP) is 3.50. The molecule has 2 rings (SSSR count). The number of aromatic nitrogens is 2. The fraction of sp³-hybridized carbons (Fsp3) is 0. The Kier molecular flexibility index (Phi) is 3.63. The van der Waals surface area contributed by atoms with Gasteiger partial charge < -0.3 is 11.1 Å². The number of rotatable bonds is 2. The van der Waals surface area contributed by atoms with Crippen molar-refractivity contribution in [2.24, 2.45) is 0 Å². The van der Waals surface area contributed by atoms with Crippen LogP contribution in [0.2, 0.25) is 5.02 Å². The third kappa shape index (κ3) is 2.68. The van der Waals surface area contributed by atoms with E-state index in [0.29, 0.717) is 0 Å². The van der Waals surface area contributed by atoms with Crippen molar-refractivity contribution in [1.82, 2.24) is 9.97 Å². The Morgan fingerprint density at radius 3 is 2.72 bits per heavy atom. The summed E-state index contributed by atoms with van der Waals surface area (Å²) in [4.78, 5) is 7.44. The molecule has 8 heteroatoms. The number of nitrogens with two attached hydrogens (primary N) is 1. The molecule has 0 aliphatic carbocycles. The highest BCUT2D eigenvalue weighted by Gasteiger charge is 2.11. The summed E-state index contributed by atoms with van der Waals surface area (Å²) in [7, 11) is 0. The molecule has 3 N–H and O–H groups in total. The highest BCUT2D eigenvalue weighted by atomic mass is 79.9. The van der Waals surface area contributed by atoms with Gasteiger partial charge in [-0.1, -0.05) is 11.6 Å². The molecular weight excluding hydrogens is 329 g/mol. The first-order valence-electron chi connectivity index (χ1n) is 4.67. The van der Waals surface area contributed by atoms with Gasteiger partial charge in [0.1, 0.15) is 16.7 Å². The largest absolute Gasteiger partial charge is 0.368 e. The van der Waals surface area contributed by atoms with E-state index in [-0.39, 0.29) is 26.9 Å². The number of nitrogen functional groups attached to an aromatic ring is 1. The average Bonchev–Trinajstić information content (AvgIpc) is 2.30. The molecule has 0 unspecified atom stereocenters. The van der Waals surface area contributed by atoms with Crippen LogP contribution in [0.15, 0.2) is 22.8 Å². The average molecular weight is 336 g/mol. The molecule has 0 aliphatic rings. The van der Waals surface area contributed by atoms with Crippen LogP contribution in [0, 0.1) is 11.6 Å². The lowest BCUT2D eigenvalue weighted by atomic mass is 10.3. The zero-order valence-electron chi connectivity index (χ0n) is 8.72. The van der Waals surface area contributed by atoms with Crippen molar-refractivity contribution in [2.45, 2.75) is 0 Å². The van der Waals surface area contributed by atoms with Gasteiger partial charge in [-0.15, -0.1) is 0 Å². The number of anilines is 3. The summed E-state index contributed by atoms with van der Waals surface area (Å²) in [5.41, 5.74) is 5.28. The first-order chi connectivity index (χ1) is 8.47. The second-order valence-corrected chi connectivity index (χ2v) is 4.56. The Hall–Kier alpha value is -1.47. The molecular formula is C10H6BrClF2N4. The van der Waals surface area contributed by atoms with Gasteiger partial charge in [0.15, 0.2) is 5.82 Å². The van der Waals surface area contributed by atoms with Gasteiger partial charge in [-0.25, -0.2) is 13.8 Å². The van der Waals surface area contributed by atoms with Crippen molar-refractivity contribution in [3.63, 3.8) is 0 Å². The van der Waals surface area contributed by atoms with Crippen LogP contribution in [-0.2, 0) is 0 Å². The first kappa shape index (κ1) is 13.0. The third-order valence-electron chi connectivity index (χ3n) is 2.03. The Morgan fingerprint density at radius 2 is 2.00 bits per heavy atom. The van der Waals surface area contributed by atoms with E-state index in [0.717, 1.165) is 12.1 Å². The molecule has 0 fully saturated rings. The SMILES string of the molecule is Nc1ncc(Cl)c(Nc2cc(F)c(Br)cc2F)n1. The van der Waals surface area contributed by atoms with Gasteiger partial charge >= 0.3 is 0 Å². The molecule has 0 amide bonds. The molecule has 0 saturated heterocycles. The lowest BCUT2D eigenvalue weighted by molar-refractivity contribution is 0.598. The van der Waals surface area contributed by atoms with E-state index in [1.54, 1.807) is 0 Å². The zero-order chi connectivity index (χ0) is 13.3. The molecule has 0 bridgehead atoms. The normalized spacial score (nSPS) is 10.4. The molecule has 1 heterocycles. The summed E-state index contributed by atoms with van der Waals surface area (Å²) >= 11 is 8.68. The smallest absolute Gasteiger partial charge is 0.222 e. The molecule has 0 saturated carbocycles. The molecule has 0 spiro atoms. The molecule has 1 aromatic carbocycles. The molecule has 4 nitrogen and oxygen atoms in total. The molecule has 18 heavy (non-hydrogen) atoms. The molecule has 94 valence electrons. The van der Waals surface area contributed by atoms with Crippen LogP contribution in [-0.4, -0.2) is 9.97 Å². The van der Waals surface area contributed by atoms with Gasteiger partial charge in [0, 0.05) is 6.07 Å². The van der Waals surface area contributed by atoms with E-state index < -0.39 is 11.6 Å². The van der Waals surface area contributed by atoms with E-state index >= 15 is 0 Å². The Balaban J connectivity index is 2.40. The summed E-state index contributed by atoms with van der Waals surface area (Å²) in [5.74, 6) is -1.20. The number of hydrogen-bond donors (Lipinski definition) is 2. The number of nitrogens with one attached hydrogen (secondary N) is 1. The van der Waals surface area contributed by atoms with Crippen molar-refractivity contribution in [1.29, 1.82) is 0 Å². The monoisotopic (exact) mass is 334 g/mol. The van der Waals surface area contributed by atoms with Crippen LogP contribution in [0.3, 0.4) is 0 Å². The fourth-order valence-corrected chi connectivity index (χ4v) is 1.67. The maximum Gasteiger partial charge on any atom is 0.222 e. The maximum absolute atomic E-state index is 13.6. The topological polar surface area (TPSA) is 63.8 Å². The van der Waals surface area contributed by atoms with Gasteiger partial charge in [-0.2, -0.15) is 4.98 Å². The Labute approximate surface area is 114 Å². The van der Waals surface area contributed by atoms with Gasteiger partial charge in [-0.3, -0.25) is 0 Å². The van der Waals surface area contributed by atoms with E-state index in [2.05, 4.69) is 31.2 Å². The molecule has 1 aromatic heterocycles. The van der Waals surface area contributed by atoms with E-state index in [4.69, 9.17) is 17.3 Å². The molecule has 2 aromatic rings. The highest BCUT2D eigenvalue weighted by Crippen LogP contribution is 2.28. The van der Waals surface area contributed by atoms with Crippen LogP contribution < -0.4 is 11.1 Å². The summed E-state index contributed by atoms with van der Waals surface area (Å²) in [5, 5.41) is 2.70. The quantitative estimate of drug-likeness (QED) is 0.825. The summed E-state index contributed by atoms with van der Waals surface area (Å²) in [6, 6.07) is 1.98. The molecule has 0 radical (unpaired) electrons. The van der Waals surface area contributed by atoms with Crippen molar-refractivity contribution in [2.75, 3.05) is 11.1 Å². The zero-order valence-corrected chi connectivity index (χ0v) is 11.1. The number of hydrogen-bond acceptors (Lipinski definition) is 4. The lowest BCUT2D eigenvalue weighted by Gasteiger charge is -2.09. The van der Waals surface area contributed by atoms with Crippen LogP contribution in [0.5, 0.6) is 0 Å². The highest BCUT2D eigenvalue weighted by molar-refractivity contribution is 9.10.